The molecular weight excluding hydrogens is 188 g/mol. The van der Waals surface area contributed by atoms with Crippen LogP contribution in [0, 0.1) is 5.92 Å². The van der Waals surface area contributed by atoms with Crippen molar-refractivity contribution in [2.24, 2.45) is 5.92 Å². The van der Waals surface area contributed by atoms with E-state index >= 15 is 0 Å². The molecule has 0 N–H and O–H groups in total. The molecule has 1 rings (SSSR count). The fourth-order valence-corrected chi connectivity index (χ4v) is 2.27. The maximum absolute atomic E-state index is 10.1. The van der Waals surface area contributed by atoms with Crippen LogP contribution in [0.1, 0.15) is 44.9 Å². The fourth-order valence-electron chi connectivity index (χ4n) is 1.99. The molecule has 0 radical (unpaired) electrons. The Labute approximate surface area is 81.6 Å². The zero-order valence-electron chi connectivity index (χ0n) is 7.91. The van der Waals surface area contributed by atoms with E-state index in [2.05, 4.69) is 4.18 Å². The number of hydrogen-bond acceptors (Lipinski definition) is 3. The Bertz CT molecular complexity index is 187. The van der Waals surface area contributed by atoms with Gasteiger partial charge >= 0.3 is 0 Å². The molecule has 0 heterocycles. The van der Waals surface area contributed by atoms with Crippen molar-refractivity contribution < 1.29 is 12.6 Å². The maximum atomic E-state index is 10.1. The van der Waals surface area contributed by atoms with Gasteiger partial charge in [-0.1, -0.05) is 32.1 Å². The van der Waals surface area contributed by atoms with E-state index in [-0.39, 0.29) is 0 Å². The molecule has 0 aromatic heterocycles. The second kappa shape index (κ2) is 6.38. The minimum Gasteiger partial charge on any atom is -0.272 e. The standard InChI is InChI=1S/C9H18O3S/c10-13(11)12-8-4-7-9-5-2-1-3-6-9/h9,13H,1-8H2. The average Bonchev–Trinajstić information content (AvgIpc) is 2.14. The van der Waals surface area contributed by atoms with Gasteiger partial charge < -0.3 is 0 Å². The molecule has 0 atom stereocenters. The van der Waals surface area contributed by atoms with Gasteiger partial charge in [-0.05, 0) is 18.8 Å². The number of hydrogen-bond donors (Lipinski definition) is 1. The van der Waals surface area contributed by atoms with Crippen LogP contribution >= 0.6 is 0 Å². The zero-order chi connectivity index (χ0) is 9.52. The van der Waals surface area contributed by atoms with Crippen LogP contribution in [0.25, 0.3) is 0 Å². The van der Waals surface area contributed by atoms with E-state index in [1.165, 1.54) is 32.1 Å². The highest BCUT2D eigenvalue weighted by molar-refractivity contribution is 7.67. The van der Waals surface area contributed by atoms with Crippen LogP contribution in [-0.4, -0.2) is 15.0 Å². The Morgan fingerprint density at radius 3 is 2.46 bits per heavy atom. The van der Waals surface area contributed by atoms with Crippen LogP contribution in [0.15, 0.2) is 0 Å². The molecule has 0 saturated heterocycles. The van der Waals surface area contributed by atoms with E-state index in [0.717, 1.165) is 18.8 Å². The molecule has 1 aliphatic carbocycles. The van der Waals surface area contributed by atoms with Gasteiger partial charge in [-0.25, -0.2) is 8.42 Å². The summed E-state index contributed by atoms with van der Waals surface area (Å²) < 4.78 is 24.6. The molecule has 0 unspecified atom stereocenters. The monoisotopic (exact) mass is 206 g/mol. The lowest BCUT2D eigenvalue weighted by Crippen LogP contribution is -2.07. The van der Waals surface area contributed by atoms with E-state index in [4.69, 9.17) is 0 Å². The van der Waals surface area contributed by atoms with Crippen molar-refractivity contribution in [3.05, 3.63) is 0 Å². The van der Waals surface area contributed by atoms with Gasteiger partial charge in [0.05, 0.1) is 6.61 Å². The van der Waals surface area contributed by atoms with Crippen molar-refractivity contribution in [3.8, 4) is 0 Å². The summed E-state index contributed by atoms with van der Waals surface area (Å²) in [5.74, 6) is 0.821. The molecular formula is C9H18O3S. The van der Waals surface area contributed by atoms with Gasteiger partial charge in [0.2, 0.25) is 0 Å². The highest BCUT2D eigenvalue weighted by atomic mass is 32.2. The van der Waals surface area contributed by atoms with Gasteiger partial charge in [0, 0.05) is 0 Å². The highest BCUT2D eigenvalue weighted by Crippen LogP contribution is 2.27. The van der Waals surface area contributed by atoms with Crippen LogP contribution in [-0.2, 0) is 15.2 Å². The Morgan fingerprint density at radius 2 is 1.85 bits per heavy atom. The molecule has 1 aliphatic rings. The Hall–Kier alpha value is -0.0900. The number of rotatable bonds is 5. The first-order valence-electron chi connectivity index (χ1n) is 5.06. The summed E-state index contributed by atoms with van der Waals surface area (Å²) in [6, 6.07) is 0. The quantitative estimate of drug-likeness (QED) is 0.552. The summed E-state index contributed by atoms with van der Waals surface area (Å²) in [7, 11) is -2.63. The third-order valence-electron chi connectivity index (χ3n) is 2.68. The summed E-state index contributed by atoms with van der Waals surface area (Å²) in [6.45, 7) is 0.370. The largest absolute Gasteiger partial charge is 0.272 e. The average molecular weight is 206 g/mol. The highest BCUT2D eigenvalue weighted by Gasteiger charge is 2.12. The molecule has 0 aromatic carbocycles. The zero-order valence-corrected chi connectivity index (χ0v) is 8.80. The Morgan fingerprint density at radius 1 is 1.15 bits per heavy atom. The minimum atomic E-state index is -2.63. The van der Waals surface area contributed by atoms with Crippen molar-refractivity contribution in [3.63, 3.8) is 0 Å². The third-order valence-corrected chi connectivity index (χ3v) is 3.07. The SMILES string of the molecule is O=[SH](=O)OCCCC1CCCCC1. The van der Waals surface area contributed by atoms with Gasteiger partial charge in [0.15, 0.2) is 0 Å². The fraction of sp³-hybridized carbons (Fsp3) is 1.00. The van der Waals surface area contributed by atoms with Crippen LogP contribution in [0.3, 0.4) is 0 Å². The second-order valence-corrected chi connectivity index (χ2v) is 4.41. The summed E-state index contributed by atoms with van der Waals surface area (Å²) in [5.41, 5.74) is 0. The summed E-state index contributed by atoms with van der Waals surface area (Å²) in [6.07, 6.45) is 8.73. The van der Waals surface area contributed by atoms with E-state index < -0.39 is 11.0 Å². The third kappa shape index (κ3) is 5.26. The molecule has 0 bridgehead atoms. The smallest absolute Gasteiger partial charge is 0.257 e. The van der Waals surface area contributed by atoms with Crippen molar-refractivity contribution in [1.82, 2.24) is 0 Å². The Balaban J connectivity index is 1.98. The van der Waals surface area contributed by atoms with Crippen molar-refractivity contribution >= 4 is 11.0 Å². The van der Waals surface area contributed by atoms with E-state index in [0.29, 0.717) is 6.61 Å². The lowest BCUT2D eigenvalue weighted by atomic mass is 9.86. The molecule has 3 nitrogen and oxygen atoms in total. The molecule has 13 heavy (non-hydrogen) atoms. The first kappa shape index (κ1) is 11.0. The van der Waals surface area contributed by atoms with Gasteiger partial charge in [0.1, 0.15) is 0 Å². The summed E-state index contributed by atoms with van der Waals surface area (Å²) >= 11 is 0. The van der Waals surface area contributed by atoms with Gasteiger partial charge in [-0.2, -0.15) is 0 Å². The predicted molar refractivity (Wildman–Crippen MR) is 52.1 cm³/mol. The lowest BCUT2D eigenvalue weighted by Gasteiger charge is -2.20. The minimum absolute atomic E-state index is 0.370. The predicted octanol–water partition coefficient (Wildman–Crippen LogP) is 1.89. The summed E-state index contributed by atoms with van der Waals surface area (Å²) in [5, 5.41) is 0. The summed E-state index contributed by atoms with van der Waals surface area (Å²) in [4.78, 5) is 0. The molecule has 0 aliphatic heterocycles. The van der Waals surface area contributed by atoms with Crippen LogP contribution in [0.2, 0.25) is 0 Å². The molecule has 1 saturated carbocycles. The lowest BCUT2D eigenvalue weighted by molar-refractivity contribution is 0.279. The topological polar surface area (TPSA) is 43.4 Å². The first-order chi connectivity index (χ1) is 6.29. The normalized spacial score (nSPS) is 19.5. The first-order valence-corrected chi connectivity index (χ1v) is 6.16. The van der Waals surface area contributed by atoms with E-state index in [1.807, 2.05) is 0 Å². The molecule has 0 aromatic rings. The van der Waals surface area contributed by atoms with Crippen LogP contribution in [0.4, 0.5) is 0 Å². The molecule has 78 valence electrons. The van der Waals surface area contributed by atoms with Crippen molar-refractivity contribution in [1.29, 1.82) is 0 Å². The maximum Gasteiger partial charge on any atom is 0.257 e. The second-order valence-electron chi connectivity index (χ2n) is 3.70. The molecule has 0 spiro atoms. The van der Waals surface area contributed by atoms with E-state index in [1.54, 1.807) is 0 Å². The van der Waals surface area contributed by atoms with Crippen molar-refractivity contribution in [2.75, 3.05) is 6.61 Å². The molecule has 4 heteroatoms. The number of thiol groups is 1. The van der Waals surface area contributed by atoms with Gasteiger partial charge in [-0.3, -0.25) is 4.18 Å². The molecule has 0 amide bonds. The van der Waals surface area contributed by atoms with Crippen LogP contribution < -0.4 is 0 Å². The van der Waals surface area contributed by atoms with Gasteiger partial charge in [0.25, 0.3) is 11.0 Å². The van der Waals surface area contributed by atoms with Gasteiger partial charge in [-0.15, -0.1) is 0 Å². The van der Waals surface area contributed by atoms with E-state index in [9.17, 15) is 8.42 Å². The Kier molecular flexibility index (Phi) is 5.39. The van der Waals surface area contributed by atoms with Crippen molar-refractivity contribution in [2.45, 2.75) is 44.9 Å². The molecule has 1 fully saturated rings. The van der Waals surface area contributed by atoms with Crippen LogP contribution in [0.5, 0.6) is 0 Å².